The molecule has 0 radical (unpaired) electrons. The first-order chi connectivity index (χ1) is 9.26. The predicted octanol–water partition coefficient (Wildman–Crippen LogP) is 3.03. The first kappa shape index (κ1) is 14.5. The quantitative estimate of drug-likeness (QED) is 0.633. The molecule has 1 aromatic carbocycles. The molecule has 3 N–H and O–H groups in total. The fraction of sp³-hybridized carbons (Fsp3) is 0.625. The third-order valence-corrected chi connectivity index (χ3v) is 4.47. The number of hydrogen-bond acceptors (Lipinski definition) is 3. The summed E-state index contributed by atoms with van der Waals surface area (Å²) < 4.78 is 5.73. The maximum absolute atomic E-state index is 5.82. The monoisotopic (exact) mass is 262 g/mol. The predicted molar refractivity (Wildman–Crippen MR) is 78.4 cm³/mol. The summed E-state index contributed by atoms with van der Waals surface area (Å²) in [5.41, 5.74) is 4.21. The number of nitrogens with two attached hydrogens (primary N) is 1. The van der Waals surface area contributed by atoms with Crippen LogP contribution in [0.25, 0.3) is 0 Å². The van der Waals surface area contributed by atoms with Crippen molar-refractivity contribution in [3.05, 3.63) is 35.9 Å². The van der Waals surface area contributed by atoms with Crippen LogP contribution in [0.15, 0.2) is 30.3 Å². The van der Waals surface area contributed by atoms with Crippen molar-refractivity contribution in [1.29, 1.82) is 0 Å². The maximum atomic E-state index is 5.82. The smallest absolute Gasteiger partial charge is 0.0990 e. The number of benzene rings is 1. The van der Waals surface area contributed by atoms with Crippen molar-refractivity contribution in [3.63, 3.8) is 0 Å². The number of hydrogen-bond donors (Lipinski definition) is 2. The van der Waals surface area contributed by atoms with E-state index >= 15 is 0 Å². The fourth-order valence-electron chi connectivity index (χ4n) is 3.25. The average Bonchev–Trinajstić information content (AvgIpc) is 2.47. The van der Waals surface area contributed by atoms with Crippen LogP contribution < -0.4 is 11.3 Å². The number of methoxy groups -OCH3 is 1. The molecule has 0 amide bonds. The van der Waals surface area contributed by atoms with Gasteiger partial charge in [0.25, 0.3) is 0 Å². The fourth-order valence-corrected chi connectivity index (χ4v) is 3.25. The molecule has 0 saturated heterocycles. The number of nitrogens with one attached hydrogen (secondary N) is 1. The summed E-state index contributed by atoms with van der Waals surface area (Å²) in [6, 6.07) is 10.6. The van der Waals surface area contributed by atoms with Gasteiger partial charge in [-0.15, -0.1) is 0 Å². The van der Waals surface area contributed by atoms with Gasteiger partial charge in [0.15, 0.2) is 0 Å². The molecule has 1 fully saturated rings. The minimum atomic E-state index is 0.0320. The highest BCUT2D eigenvalue weighted by Crippen LogP contribution is 2.35. The van der Waals surface area contributed by atoms with Crippen LogP contribution in [0, 0.1) is 11.8 Å². The molecule has 3 nitrogen and oxygen atoms in total. The second-order valence-electron chi connectivity index (χ2n) is 5.78. The van der Waals surface area contributed by atoms with Crippen molar-refractivity contribution in [1.82, 2.24) is 5.43 Å². The molecule has 19 heavy (non-hydrogen) atoms. The molecule has 2 atom stereocenters. The van der Waals surface area contributed by atoms with Gasteiger partial charge in [0, 0.05) is 7.11 Å². The zero-order chi connectivity index (χ0) is 13.7. The Morgan fingerprint density at radius 2 is 1.79 bits per heavy atom. The zero-order valence-electron chi connectivity index (χ0n) is 12.0. The van der Waals surface area contributed by atoms with Gasteiger partial charge < -0.3 is 4.74 Å². The zero-order valence-corrected chi connectivity index (χ0v) is 12.0. The van der Waals surface area contributed by atoms with E-state index in [4.69, 9.17) is 10.6 Å². The minimum absolute atomic E-state index is 0.0320. The molecule has 0 aliphatic heterocycles. The molecular formula is C16H26N2O. The van der Waals surface area contributed by atoms with Crippen LogP contribution in [-0.4, -0.2) is 13.2 Å². The van der Waals surface area contributed by atoms with E-state index < -0.39 is 0 Å². The lowest BCUT2D eigenvalue weighted by Crippen LogP contribution is -2.46. The summed E-state index contributed by atoms with van der Waals surface area (Å²) in [4.78, 5) is 0. The molecule has 106 valence electrons. The molecule has 2 rings (SSSR count). The highest BCUT2D eigenvalue weighted by molar-refractivity contribution is 5.19. The van der Waals surface area contributed by atoms with E-state index in [1.165, 1.54) is 31.2 Å². The third-order valence-electron chi connectivity index (χ3n) is 4.47. The van der Waals surface area contributed by atoms with Gasteiger partial charge in [-0.25, -0.2) is 0 Å². The second-order valence-corrected chi connectivity index (χ2v) is 5.78. The summed E-state index contributed by atoms with van der Waals surface area (Å²) >= 11 is 0. The third kappa shape index (κ3) is 3.56. The molecule has 0 heterocycles. The minimum Gasteiger partial charge on any atom is -0.375 e. The number of ether oxygens (including phenoxy) is 1. The Bertz CT molecular complexity index is 360. The van der Waals surface area contributed by atoms with Gasteiger partial charge in [-0.1, -0.05) is 50.1 Å². The summed E-state index contributed by atoms with van der Waals surface area (Å²) in [5.74, 6) is 7.28. The standard InChI is InChI=1S/C16H26N2O/c1-12-8-10-13(11-9-12)15(18-17)16(19-2)14-6-4-3-5-7-14/h3-7,12-13,15-16,18H,8-11,17H2,1-2H3. The van der Waals surface area contributed by atoms with Gasteiger partial charge in [0.05, 0.1) is 12.1 Å². The van der Waals surface area contributed by atoms with Crippen molar-refractivity contribution >= 4 is 0 Å². The van der Waals surface area contributed by atoms with Crippen LogP contribution in [0.4, 0.5) is 0 Å². The molecule has 0 spiro atoms. The first-order valence-electron chi connectivity index (χ1n) is 7.30. The van der Waals surface area contributed by atoms with E-state index in [1.807, 2.05) is 6.07 Å². The SMILES string of the molecule is COC(c1ccccc1)C(NN)C1CCC(C)CC1. The topological polar surface area (TPSA) is 47.3 Å². The Kier molecular flexibility index (Phi) is 5.37. The highest BCUT2D eigenvalue weighted by Gasteiger charge is 2.32. The maximum Gasteiger partial charge on any atom is 0.0990 e. The van der Waals surface area contributed by atoms with Gasteiger partial charge >= 0.3 is 0 Å². The van der Waals surface area contributed by atoms with E-state index in [0.717, 1.165) is 5.92 Å². The summed E-state index contributed by atoms with van der Waals surface area (Å²) in [7, 11) is 1.77. The summed E-state index contributed by atoms with van der Waals surface area (Å²) in [5, 5.41) is 0. The lowest BCUT2D eigenvalue weighted by molar-refractivity contribution is 0.0350. The van der Waals surface area contributed by atoms with Crippen molar-refractivity contribution < 1.29 is 4.74 Å². The lowest BCUT2D eigenvalue weighted by atomic mass is 9.77. The average molecular weight is 262 g/mol. The Hall–Kier alpha value is -0.900. The first-order valence-corrected chi connectivity index (χ1v) is 7.30. The Balaban J connectivity index is 2.10. The Morgan fingerprint density at radius 3 is 2.32 bits per heavy atom. The van der Waals surface area contributed by atoms with Gasteiger partial charge in [0.2, 0.25) is 0 Å². The van der Waals surface area contributed by atoms with E-state index in [-0.39, 0.29) is 12.1 Å². The van der Waals surface area contributed by atoms with Gasteiger partial charge in [0.1, 0.15) is 0 Å². The lowest BCUT2D eigenvalue weighted by Gasteiger charge is -2.36. The van der Waals surface area contributed by atoms with Crippen molar-refractivity contribution in [2.24, 2.45) is 17.7 Å². The van der Waals surface area contributed by atoms with E-state index in [1.54, 1.807) is 7.11 Å². The normalized spacial score (nSPS) is 26.9. The van der Waals surface area contributed by atoms with E-state index in [0.29, 0.717) is 5.92 Å². The Morgan fingerprint density at radius 1 is 1.16 bits per heavy atom. The largest absolute Gasteiger partial charge is 0.375 e. The van der Waals surface area contributed by atoms with Crippen LogP contribution >= 0.6 is 0 Å². The molecule has 2 unspecified atom stereocenters. The molecular weight excluding hydrogens is 236 g/mol. The summed E-state index contributed by atoms with van der Waals surface area (Å²) in [6.45, 7) is 2.34. The highest BCUT2D eigenvalue weighted by atomic mass is 16.5. The van der Waals surface area contributed by atoms with Crippen LogP contribution in [0.1, 0.15) is 44.3 Å². The molecule has 0 aromatic heterocycles. The second kappa shape index (κ2) is 7.04. The Labute approximate surface area is 116 Å². The van der Waals surface area contributed by atoms with Gasteiger partial charge in [-0.3, -0.25) is 11.3 Å². The number of hydrazine groups is 1. The van der Waals surface area contributed by atoms with Crippen LogP contribution in [0.3, 0.4) is 0 Å². The molecule has 0 bridgehead atoms. The molecule has 3 heteroatoms. The molecule has 1 aromatic rings. The van der Waals surface area contributed by atoms with Crippen LogP contribution in [0.2, 0.25) is 0 Å². The molecule has 1 aliphatic carbocycles. The van der Waals surface area contributed by atoms with Gasteiger partial charge in [-0.2, -0.15) is 0 Å². The van der Waals surface area contributed by atoms with E-state index in [9.17, 15) is 0 Å². The van der Waals surface area contributed by atoms with Gasteiger partial charge in [-0.05, 0) is 30.2 Å². The van der Waals surface area contributed by atoms with Crippen molar-refractivity contribution in [3.8, 4) is 0 Å². The molecule has 1 saturated carbocycles. The van der Waals surface area contributed by atoms with Crippen LogP contribution in [0.5, 0.6) is 0 Å². The molecule has 1 aliphatic rings. The van der Waals surface area contributed by atoms with Crippen molar-refractivity contribution in [2.75, 3.05) is 7.11 Å². The van der Waals surface area contributed by atoms with Crippen LogP contribution in [-0.2, 0) is 4.74 Å². The summed E-state index contributed by atoms with van der Waals surface area (Å²) in [6.07, 6.45) is 5.11. The van der Waals surface area contributed by atoms with Crippen molar-refractivity contribution in [2.45, 2.75) is 44.8 Å². The number of rotatable bonds is 5. The van der Waals surface area contributed by atoms with E-state index in [2.05, 4.69) is 36.6 Å².